The van der Waals surface area contributed by atoms with Crippen LogP contribution in [0.3, 0.4) is 0 Å². The Balaban J connectivity index is 2.03. The van der Waals surface area contributed by atoms with E-state index in [2.05, 4.69) is 61.4 Å². The van der Waals surface area contributed by atoms with Gasteiger partial charge < -0.3 is 0 Å². The lowest BCUT2D eigenvalue weighted by Gasteiger charge is -2.37. The van der Waals surface area contributed by atoms with E-state index in [1.807, 2.05) is 22.9 Å². The van der Waals surface area contributed by atoms with Crippen LogP contribution in [0.2, 0.25) is 10.0 Å². The monoisotopic (exact) mass is 421 g/mol. The molecule has 1 aliphatic carbocycles. The first-order valence-corrected chi connectivity index (χ1v) is 10.5. The maximum Gasteiger partial charge on any atom is 0.172 e. The van der Waals surface area contributed by atoms with Gasteiger partial charge in [0.15, 0.2) is 5.82 Å². The van der Waals surface area contributed by atoms with Gasteiger partial charge in [0.05, 0.1) is 11.6 Å². The zero-order chi connectivity index (χ0) is 20.5. The summed E-state index contributed by atoms with van der Waals surface area (Å²) in [6, 6.07) is 5.53. The van der Waals surface area contributed by atoms with E-state index in [1.54, 1.807) is 6.07 Å². The molecule has 28 heavy (non-hydrogen) atoms. The third-order valence-corrected chi connectivity index (χ3v) is 6.33. The van der Waals surface area contributed by atoms with Gasteiger partial charge in [0.1, 0.15) is 0 Å². The van der Waals surface area contributed by atoms with Crippen LogP contribution in [-0.2, 0) is 5.54 Å². The Morgan fingerprint density at radius 2 is 1.86 bits per heavy atom. The number of allylic oxidation sites excluding steroid dienone is 1. The second-order valence-electron chi connectivity index (χ2n) is 8.92. The van der Waals surface area contributed by atoms with Crippen LogP contribution in [0.1, 0.15) is 63.9 Å². The van der Waals surface area contributed by atoms with Crippen LogP contribution < -0.4 is 0 Å². The van der Waals surface area contributed by atoms with Crippen LogP contribution in [0.5, 0.6) is 0 Å². The molecular formula is C21H29Cl2N5. The Bertz CT molecular complexity index is 845. The highest BCUT2D eigenvalue weighted by Gasteiger charge is 2.44. The van der Waals surface area contributed by atoms with Crippen LogP contribution in [0.25, 0.3) is 6.08 Å². The minimum absolute atomic E-state index is 0.0123. The fourth-order valence-corrected chi connectivity index (χ4v) is 4.56. The molecular weight excluding hydrogens is 393 g/mol. The van der Waals surface area contributed by atoms with Crippen molar-refractivity contribution < 1.29 is 0 Å². The quantitative estimate of drug-likeness (QED) is 0.628. The molecule has 1 heterocycles. The summed E-state index contributed by atoms with van der Waals surface area (Å²) >= 11 is 12.4. The molecule has 0 saturated heterocycles. The largest absolute Gasteiger partial charge is 0.297 e. The van der Waals surface area contributed by atoms with Gasteiger partial charge in [0.2, 0.25) is 0 Å². The number of tetrazole rings is 1. The Hall–Kier alpha value is -1.43. The summed E-state index contributed by atoms with van der Waals surface area (Å²) in [5.41, 5.74) is 0.739. The standard InChI is InChI=1S/C21H29Cl2N5/c1-20(2,3)18(11-9-15-8-10-16(22)14-17(15)23)28-19(24-25-26-28)21(27(4)5)12-6-7-13-21/h8-11,14,18H,6-7,12-13H2,1-5H3/b11-9-. The van der Waals surface area contributed by atoms with Crippen molar-refractivity contribution in [1.82, 2.24) is 25.1 Å². The predicted molar refractivity (Wildman–Crippen MR) is 116 cm³/mol. The molecule has 1 aromatic carbocycles. The summed E-state index contributed by atoms with van der Waals surface area (Å²) in [4.78, 5) is 2.28. The van der Waals surface area contributed by atoms with Crippen molar-refractivity contribution in [2.24, 2.45) is 5.41 Å². The van der Waals surface area contributed by atoms with Crippen molar-refractivity contribution in [3.8, 4) is 0 Å². The minimum atomic E-state index is -0.112. The summed E-state index contributed by atoms with van der Waals surface area (Å²) in [6.07, 6.45) is 8.72. The molecule has 0 aliphatic heterocycles. The smallest absolute Gasteiger partial charge is 0.172 e. The van der Waals surface area contributed by atoms with Gasteiger partial charge in [-0.15, -0.1) is 5.10 Å². The molecule has 0 amide bonds. The third kappa shape index (κ3) is 4.12. The topological polar surface area (TPSA) is 46.8 Å². The van der Waals surface area contributed by atoms with E-state index >= 15 is 0 Å². The zero-order valence-electron chi connectivity index (χ0n) is 17.3. The SMILES string of the molecule is CN(C)C1(c2nnnn2C(/C=C\c2ccc(Cl)cc2Cl)C(C)(C)C)CCCC1. The highest BCUT2D eigenvalue weighted by Crippen LogP contribution is 2.43. The summed E-state index contributed by atoms with van der Waals surface area (Å²) < 4.78 is 2.01. The first-order valence-electron chi connectivity index (χ1n) is 9.74. The van der Waals surface area contributed by atoms with Gasteiger partial charge in [0.25, 0.3) is 0 Å². The average Bonchev–Trinajstić information content (AvgIpc) is 3.25. The molecule has 1 fully saturated rings. The molecule has 0 spiro atoms. The lowest BCUT2D eigenvalue weighted by Crippen LogP contribution is -2.42. The fourth-order valence-electron chi connectivity index (χ4n) is 4.09. The molecule has 152 valence electrons. The van der Waals surface area contributed by atoms with E-state index in [-0.39, 0.29) is 17.0 Å². The van der Waals surface area contributed by atoms with E-state index in [0.29, 0.717) is 10.0 Å². The van der Waals surface area contributed by atoms with Crippen molar-refractivity contribution >= 4 is 29.3 Å². The van der Waals surface area contributed by atoms with E-state index in [1.165, 1.54) is 12.8 Å². The highest BCUT2D eigenvalue weighted by molar-refractivity contribution is 6.35. The van der Waals surface area contributed by atoms with Gasteiger partial charge in [-0.05, 0) is 60.5 Å². The van der Waals surface area contributed by atoms with Crippen molar-refractivity contribution in [2.45, 2.75) is 58.0 Å². The van der Waals surface area contributed by atoms with Crippen LogP contribution >= 0.6 is 23.2 Å². The van der Waals surface area contributed by atoms with Crippen LogP contribution in [0, 0.1) is 5.41 Å². The molecule has 1 aromatic heterocycles. The summed E-state index contributed by atoms with van der Waals surface area (Å²) in [6.45, 7) is 6.61. The summed E-state index contributed by atoms with van der Waals surface area (Å²) in [5, 5.41) is 14.3. The fraction of sp³-hybridized carbons (Fsp3) is 0.571. The van der Waals surface area contributed by atoms with E-state index in [9.17, 15) is 0 Å². The molecule has 2 aromatic rings. The summed E-state index contributed by atoms with van der Waals surface area (Å²) in [7, 11) is 4.25. The van der Waals surface area contributed by atoms with E-state index in [4.69, 9.17) is 23.2 Å². The Kier molecular flexibility index (Phi) is 6.18. The summed E-state index contributed by atoms with van der Waals surface area (Å²) in [5.74, 6) is 0.946. The van der Waals surface area contributed by atoms with Crippen molar-refractivity contribution in [3.05, 3.63) is 45.7 Å². The first-order chi connectivity index (χ1) is 13.1. The maximum absolute atomic E-state index is 6.36. The van der Waals surface area contributed by atoms with Crippen molar-refractivity contribution in [1.29, 1.82) is 0 Å². The molecule has 0 bridgehead atoms. The maximum atomic E-state index is 6.36. The number of aromatic nitrogens is 4. The van der Waals surface area contributed by atoms with Crippen LogP contribution in [-0.4, -0.2) is 39.2 Å². The lowest BCUT2D eigenvalue weighted by molar-refractivity contribution is 0.130. The predicted octanol–water partition coefficient (Wildman–Crippen LogP) is 5.61. The van der Waals surface area contributed by atoms with Crippen LogP contribution in [0.4, 0.5) is 0 Å². The molecule has 1 atom stereocenters. The van der Waals surface area contributed by atoms with Gasteiger partial charge in [-0.25, -0.2) is 4.68 Å². The molecule has 5 nitrogen and oxygen atoms in total. The van der Waals surface area contributed by atoms with E-state index < -0.39 is 0 Å². The number of hydrogen-bond acceptors (Lipinski definition) is 4. The zero-order valence-corrected chi connectivity index (χ0v) is 18.8. The van der Waals surface area contributed by atoms with Gasteiger partial charge in [-0.3, -0.25) is 4.90 Å². The van der Waals surface area contributed by atoms with Crippen molar-refractivity contribution in [2.75, 3.05) is 14.1 Å². The normalized spacial score (nSPS) is 18.3. The number of benzene rings is 1. The second-order valence-corrected chi connectivity index (χ2v) is 9.76. The Morgan fingerprint density at radius 3 is 2.43 bits per heavy atom. The number of hydrogen-bond donors (Lipinski definition) is 0. The highest BCUT2D eigenvalue weighted by atomic mass is 35.5. The van der Waals surface area contributed by atoms with Crippen LogP contribution in [0.15, 0.2) is 24.3 Å². The first kappa shape index (κ1) is 21.3. The second kappa shape index (κ2) is 8.13. The van der Waals surface area contributed by atoms with Gasteiger partial charge >= 0.3 is 0 Å². The van der Waals surface area contributed by atoms with E-state index in [0.717, 1.165) is 24.2 Å². The van der Waals surface area contributed by atoms with Gasteiger partial charge in [-0.1, -0.05) is 75.0 Å². The molecule has 1 unspecified atom stereocenters. The molecule has 0 N–H and O–H groups in total. The number of halogens is 2. The lowest BCUT2D eigenvalue weighted by atomic mass is 9.85. The van der Waals surface area contributed by atoms with Crippen molar-refractivity contribution in [3.63, 3.8) is 0 Å². The minimum Gasteiger partial charge on any atom is -0.297 e. The molecule has 1 saturated carbocycles. The Morgan fingerprint density at radius 1 is 1.18 bits per heavy atom. The third-order valence-electron chi connectivity index (χ3n) is 5.77. The molecule has 1 aliphatic rings. The number of nitrogens with zero attached hydrogens (tertiary/aromatic N) is 5. The van der Waals surface area contributed by atoms with Gasteiger partial charge in [0, 0.05) is 10.0 Å². The number of rotatable bonds is 5. The van der Waals surface area contributed by atoms with Gasteiger partial charge in [-0.2, -0.15) is 0 Å². The molecule has 3 rings (SSSR count). The molecule has 7 heteroatoms. The molecule has 0 radical (unpaired) electrons. The Labute approximate surface area is 177 Å². The average molecular weight is 422 g/mol.